The lowest BCUT2D eigenvalue weighted by Gasteiger charge is -2.31. The minimum Gasteiger partial charge on any atom is -0.378 e. The molecule has 1 aromatic heterocycles. The van der Waals surface area contributed by atoms with Crippen LogP contribution in [-0.4, -0.2) is 66.9 Å². The highest BCUT2D eigenvalue weighted by Gasteiger charge is 2.22. The van der Waals surface area contributed by atoms with Crippen molar-refractivity contribution < 1.29 is 9.59 Å². The van der Waals surface area contributed by atoms with Crippen molar-refractivity contribution in [1.29, 1.82) is 0 Å². The van der Waals surface area contributed by atoms with Gasteiger partial charge < -0.3 is 14.7 Å². The fraction of sp³-hybridized carbons (Fsp3) is 0.367. The highest BCUT2D eigenvalue weighted by molar-refractivity contribution is 5.95. The van der Waals surface area contributed by atoms with Crippen LogP contribution in [0, 0.1) is 0 Å². The van der Waals surface area contributed by atoms with Crippen LogP contribution in [0.2, 0.25) is 0 Å². The number of aromatic nitrogens is 1. The Hall–Kier alpha value is -3.71. The van der Waals surface area contributed by atoms with Crippen molar-refractivity contribution in [2.24, 2.45) is 0 Å². The minimum atomic E-state index is 0.00261. The van der Waals surface area contributed by atoms with Crippen LogP contribution in [0.5, 0.6) is 0 Å². The van der Waals surface area contributed by atoms with Crippen LogP contribution >= 0.6 is 0 Å². The third-order valence-corrected chi connectivity index (χ3v) is 6.81. The van der Waals surface area contributed by atoms with E-state index in [4.69, 9.17) is 0 Å². The van der Waals surface area contributed by atoms with Gasteiger partial charge in [0.05, 0.1) is 5.69 Å². The van der Waals surface area contributed by atoms with Crippen LogP contribution in [0.15, 0.2) is 72.9 Å². The molecular formula is C30H37N5O2. The number of benzene rings is 2. The molecule has 0 N–H and O–H groups in total. The first-order chi connectivity index (χ1) is 17.9. The number of pyridine rings is 1. The number of carbonyl (C=O) groups excluding carboxylic acids is 2. The second-order valence-corrected chi connectivity index (χ2v) is 9.77. The van der Waals surface area contributed by atoms with Crippen molar-refractivity contribution in [2.45, 2.75) is 32.9 Å². The summed E-state index contributed by atoms with van der Waals surface area (Å²) in [6.45, 7) is 5.77. The average molecular weight is 500 g/mol. The van der Waals surface area contributed by atoms with Gasteiger partial charge in [0.25, 0.3) is 5.91 Å². The van der Waals surface area contributed by atoms with Crippen molar-refractivity contribution in [2.75, 3.05) is 50.1 Å². The molecule has 0 saturated heterocycles. The smallest absolute Gasteiger partial charge is 0.254 e. The molecule has 0 spiro atoms. The zero-order valence-electron chi connectivity index (χ0n) is 22.1. The van der Waals surface area contributed by atoms with E-state index < -0.39 is 0 Å². The van der Waals surface area contributed by atoms with Gasteiger partial charge >= 0.3 is 0 Å². The number of carbonyl (C=O) groups is 2. The van der Waals surface area contributed by atoms with E-state index in [1.165, 1.54) is 0 Å². The molecule has 0 radical (unpaired) electrons. The Bertz CT molecular complexity index is 1180. The summed E-state index contributed by atoms with van der Waals surface area (Å²) >= 11 is 0. The highest BCUT2D eigenvalue weighted by Crippen LogP contribution is 2.25. The van der Waals surface area contributed by atoms with Crippen LogP contribution in [0.4, 0.5) is 11.4 Å². The zero-order valence-corrected chi connectivity index (χ0v) is 22.1. The number of anilines is 2. The Morgan fingerprint density at radius 3 is 2.24 bits per heavy atom. The van der Waals surface area contributed by atoms with Gasteiger partial charge in [-0.2, -0.15) is 0 Å². The van der Waals surface area contributed by atoms with E-state index in [1.807, 2.05) is 102 Å². The van der Waals surface area contributed by atoms with Crippen LogP contribution in [-0.2, 0) is 17.9 Å². The van der Waals surface area contributed by atoms with Crippen molar-refractivity contribution in [1.82, 2.24) is 14.8 Å². The maximum Gasteiger partial charge on any atom is 0.254 e. The Kier molecular flexibility index (Phi) is 8.90. The van der Waals surface area contributed by atoms with Gasteiger partial charge in [-0.3, -0.25) is 19.5 Å². The molecule has 0 atom stereocenters. The first-order valence-electron chi connectivity index (χ1n) is 13.0. The summed E-state index contributed by atoms with van der Waals surface area (Å²) in [5, 5.41) is 0. The predicted molar refractivity (Wildman–Crippen MR) is 149 cm³/mol. The summed E-state index contributed by atoms with van der Waals surface area (Å²) in [5.74, 6) is 0.0146. The molecule has 1 aliphatic rings. The maximum absolute atomic E-state index is 13.7. The first kappa shape index (κ1) is 26.4. The Labute approximate surface area is 220 Å². The van der Waals surface area contributed by atoms with Gasteiger partial charge in [0.2, 0.25) is 5.91 Å². The van der Waals surface area contributed by atoms with Gasteiger partial charge in [0.15, 0.2) is 0 Å². The van der Waals surface area contributed by atoms with Gasteiger partial charge in [0.1, 0.15) is 0 Å². The van der Waals surface area contributed by atoms with Gasteiger partial charge in [0, 0.05) is 83.4 Å². The van der Waals surface area contributed by atoms with Crippen LogP contribution in [0.1, 0.15) is 41.4 Å². The molecule has 0 saturated carbocycles. The Morgan fingerprint density at radius 2 is 1.57 bits per heavy atom. The summed E-state index contributed by atoms with van der Waals surface area (Å²) in [5.41, 5.74) is 4.62. The normalized spacial score (nSPS) is 15.3. The largest absolute Gasteiger partial charge is 0.378 e. The van der Waals surface area contributed by atoms with Crippen molar-refractivity contribution in [3.05, 3.63) is 89.7 Å². The molecule has 0 unspecified atom stereocenters. The lowest BCUT2D eigenvalue weighted by molar-refractivity contribution is -0.116. The van der Waals surface area contributed by atoms with E-state index >= 15 is 0 Å². The Balaban J connectivity index is 1.62. The van der Waals surface area contributed by atoms with E-state index in [-0.39, 0.29) is 11.8 Å². The standard InChI is InChI=1S/C30H37N5O2/c1-24(36)35-21-9-19-33(23-27-11-6-7-17-31-27)18-8-20-34(22-26-10-4-5-12-29(26)35)30(37)25-13-15-28(16-14-25)32(2)3/h4-7,10-17H,8-9,18-23H2,1-3H3. The molecule has 0 aliphatic carbocycles. The quantitative estimate of drug-likeness (QED) is 0.531. The number of para-hydroxylation sites is 1. The average Bonchev–Trinajstić information content (AvgIpc) is 2.90. The zero-order chi connectivity index (χ0) is 26.2. The third-order valence-electron chi connectivity index (χ3n) is 6.81. The molecule has 194 valence electrons. The second kappa shape index (κ2) is 12.5. The van der Waals surface area contributed by atoms with E-state index in [0.29, 0.717) is 25.2 Å². The molecule has 7 nitrogen and oxygen atoms in total. The SMILES string of the molecule is CC(=O)N1CCCN(Cc2ccccn2)CCCN(C(=O)c2ccc(N(C)C)cc2)Cc2ccccc21. The van der Waals surface area contributed by atoms with Gasteiger partial charge in [-0.25, -0.2) is 0 Å². The monoisotopic (exact) mass is 499 g/mol. The maximum atomic E-state index is 13.7. The summed E-state index contributed by atoms with van der Waals surface area (Å²) in [6.07, 6.45) is 3.54. The van der Waals surface area contributed by atoms with Gasteiger partial charge in [-0.15, -0.1) is 0 Å². The number of hydrogen-bond acceptors (Lipinski definition) is 5. The van der Waals surface area contributed by atoms with E-state index in [0.717, 1.165) is 55.1 Å². The fourth-order valence-corrected chi connectivity index (χ4v) is 4.83. The number of nitrogens with zero attached hydrogens (tertiary/aromatic N) is 5. The minimum absolute atomic E-state index is 0.00261. The molecule has 0 fully saturated rings. The highest BCUT2D eigenvalue weighted by atomic mass is 16.2. The lowest BCUT2D eigenvalue weighted by atomic mass is 10.1. The first-order valence-corrected chi connectivity index (χ1v) is 13.0. The van der Waals surface area contributed by atoms with Gasteiger partial charge in [-0.1, -0.05) is 24.3 Å². The summed E-state index contributed by atoms with van der Waals surface area (Å²) in [7, 11) is 3.98. The molecule has 2 amide bonds. The number of amides is 2. The molecule has 2 heterocycles. The van der Waals surface area contributed by atoms with E-state index in [2.05, 4.69) is 9.88 Å². The fourth-order valence-electron chi connectivity index (χ4n) is 4.83. The number of rotatable bonds is 4. The molecule has 2 aromatic carbocycles. The summed E-state index contributed by atoms with van der Waals surface area (Å²) in [6, 6.07) is 21.7. The molecule has 37 heavy (non-hydrogen) atoms. The second-order valence-electron chi connectivity index (χ2n) is 9.77. The topological polar surface area (TPSA) is 60.0 Å². The van der Waals surface area contributed by atoms with Crippen LogP contribution in [0.3, 0.4) is 0 Å². The summed E-state index contributed by atoms with van der Waals surface area (Å²) in [4.78, 5) is 39.1. The van der Waals surface area contributed by atoms with Crippen molar-refractivity contribution in [3.8, 4) is 0 Å². The number of fused-ring (bicyclic) bond motifs is 1. The Morgan fingerprint density at radius 1 is 0.865 bits per heavy atom. The molecule has 4 rings (SSSR count). The van der Waals surface area contributed by atoms with Gasteiger partial charge in [-0.05, 0) is 60.9 Å². The molecule has 3 aromatic rings. The van der Waals surface area contributed by atoms with Crippen molar-refractivity contribution >= 4 is 23.2 Å². The van der Waals surface area contributed by atoms with E-state index in [9.17, 15) is 9.59 Å². The summed E-state index contributed by atoms with van der Waals surface area (Å²) < 4.78 is 0. The van der Waals surface area contributed by atoms with E-state index in [1.54, 1.807) is 6.92 Å². The molecule has 1 aliphatic heterocycles. The predicted octanol–water partition coefficient (Wildman–Crippen LogP) is 4.44. The molecule has 0 bridgehead atoms. The van der Waals surface area contributed by atoms with Crippen LogP contribution < -0.4 is 9.80 Å². The molecular weight excluding hydrogens is 462 g/mol. The number of hydrogen-bond donors (Lipinski definition) is 0. The molecule has 7 heteroatoms. The van der Waals surface area contributed by atoms with Crippen LogP contribution in [0.25, 0.3) is 0 Å². The van der Waals surface area contributed by atoms with Crippen molar-refractivity contribution in [3.63, 3.8) is 0 Å². The third kappa shape index (κ3) is 6.95. The lowest BCUT2D eigenvalue weighted by Crippen LogP contribution is -2.38.